The normalized spacial score (nSPS) is 10.8. The summed E-state index contributed by atoms with van der Waals surface area (Å²) in [5.74, 6) is -0.779. The molecular weight excluding hydrogens is 208 g/mol. The first-order valence-corrected chi connectivity index (χ1v) is 5.60. The number of carbonyl (C=O) groups is 1. The molecule has 0 amide bonds. The Labute approximate surface area is 92.2 Å². The van der Waals surface area contributed by atoms with Crippen LogP contribution >= 0.6 is 11.3 Å². The molecule has 0 saturated heterocycles. The van der Waals surface area contributed by atoms with E-state index in [-0.39, 0.29) is 6.42 Å². The van der Waals surface area contributed by atoms with Crippen molar-refractivity contribution >= 4 is 27.4 Å². The first-order chi connectivity index (χ1) is 7.08. The van der Waals surface area contributed by atoms with Crippen molar-refractivity contribution in [1.82, 2.24) is 0 Å². The van der Waals surface area contributed by atoms with Gasteiger partial charge in [-0.15, -0.1) is 11.3 Å². The molecule has 1 aromatic carbocycles. The second-order valence-electron chi connectivity index (χ2n) is 3.68. The zero-order valence-electron chi connectivity index (χ0n) is 8.70. The number of carboxylic acid groups (broad SMARTS) is 1. The number of aryl methyl sites for hydroxylation is 2. The number of thiophene rings is 1. The molecule has 0 spiro atoms. The Kier molecular flexibility index (Phi) is 2.49. The molecular formula is C12H12O2S. The van der Waals surface area contributed by atoms with Crippen LogP contribution in [0, 0.1) is 13.8 Å². The van der Waals surface area contributed by atoms with Crippen LogP contribution in [-0.2, 0) is 11.2 Å². The molecule has 78 valence electrons. The van der Waals surface area contributed by atoms with Gasteiger partial charge in [0.15, 0.2) is 0 Å². The number of rotatable bonds is 2. The summed E-state index contributed by atoms with van der Waals surface area (Å²) in [6.07, 6.45) is 0.101. The highest BCUT2D eigenvalue weighted by Crippen LogP contribution is 2.30. The standard InChI is InChI=1S/C12H12O2S/c1-7-8(2)15-11-4-3-9(5-10(7)11)6-12(13)14/h3-5H,6H2,1-2H3,(H,13,14). The van der Waals surface area contributed by atoms with E-state index < -0.39 is 5.97 Å². The summed E-state index contributed by atoms with van der Waals surface area (Å²) in [6.45, 7) is 4.18. The average Bonchev–Trinajstić information content (AvgIpc) is 2.43. The maximum Gasteiger partial charge on any atom is 0.307 e. The maximum atomic E-state index is 10.6. The molecule has 1 aromatic heterocycles. The lowest BCUT2D eigenvalue weighted by Gasteiger charge is -1.98. The van der Waals surface area contributed by atoms with Crippen LogP contribution in [-0.4, -0.2) is 11.1 Å². The summed E-state index contributed by atoms with van der Waals surface area (Å²) in [4.78, 5) is 11.9. The van der Waals surface area contributed by atoms with E-state index in [1.165, 1.54) is 20.5 Å². The summed E-state index contributed by atoms with van der Waals surface area (Å²) in [6, 6.07) is 5.90. The van der Waals surface area contributed by atoms with Crippen molar-refractivity contribution in [3.8, 4) is 0 Å². The van der Waals surface area contributed by atoms with Crippen LogP contribution in [0.5, 0.6) is 0 Å². The molecule has 2 aromatic rings. The summed E-state index contributed by atoms with van der Waals surface area (Å²) >= 11 is 1.76. The highest BCUT2D eigenvalue weighted by molar-refractivity contribution is 7.19. The van der Waals surface area contributed by atoms with Crippen molar-refractivity contribution < 1.29 is 9.90 Å². The average molecular weight is 220 g/mol. The van der Waals surface area contributed by atoms with Gasteiger partial charge in [0.2, 0.25) is 0 Å². The van der Waals surface area contributed by atoms with Crippen LogP contribution in [0.1, 0.15) is 16.0 Å². The molecule has 15 heavy (non-hydrogen) atoms. The quantitative estimate of drug-likeness (QED) is 0.844. The van der Waals surface area contributed by atoms with E-state index in [0.29, 0.717) is 0 Å². The Morgan fingerprint density at radius 2 is 2.13 bits per heavy atom. The van der Waals surface area contributed by atoms with E-state index in [0.717, 1.165) is 5.56 Å². The van der Waals surface area contributed by atoms with E-state index in [1.807, 2.05) is 18.2 Å². The van der Waals surface area contributed by atoms with Crippen molar-refractivity contribution in [2.75, 3.05) is 0 Å². The molecule has 1 heterocycles. The monoisotopic (exact) mass is 220 g/mol. The van der Waals surface area contributed by atoms with Crippen molar-refractivity contribution in [2.45, 2.75) is 20.3 Å². The van der Waals surface area contributed by atoms with Crippen molar-refractivity contribution in [2.24, 2.45) is 0 Å². The highest BCUT2D eigenvalue weighted by Gasteiger charge is 2.07. The zero-order chi connectivity index (χ0) is 11.0. The van der Waals surface area contributed by atoms with Gasteiger partial charge in [0, 0.05) is 9.58 Å². The van der Waals surface area contributed by atoms with Crippen LogP contribution in [0.4, 0.5) is 0 Å². The number of fused-ring (bicyclic) bond motifs is 1. The summed E-state index contributed by atoms with van der Waals surface area (Å²) in [5, 5.41) is 9.91. The van der Waals surface area contributed by atoms with Crippen LogP contribution in [0.2, 0.25) is 0 Å². The Hall–Kier alpha value is -1.35. The topological polar surface area (TPSA) is 37.3 Å². The molecule has 0 fully saturated rings. The van der Waals surface area contributed by atoms with Gasteiger partial charge in [-0.2, -0.15) is 0 Å². The second-order valence-corrected chi connectivity index (χ2v) is 4.94. The van der Waals surface area contributed by atoms with E-state index in [9.17, 15) is 4.79 Å². The number of benzene rings is 1. The molecule has 0 unspecified atom stereocenters. The minimum atomic E-state index is -0.779. The Morgan fingerprint density at radius 1 is 1.40 bits per heavy atom. The van der Waals surface area contributed by atoms with Crippen LogP contribution in [0.25, 0.3) is 10.1 Å². The van der Waals surface area contributed by atoms with Gasteiger partial charge in [-0.25, -0.2) is 0 Å². The predicted octanol–water partition coefficient (Wildman–Crippen LogP) is 3.15. The third-order valence-electron chi connectivity index (χ3n) is 2.59. The molecule has 0 saturated carbocycles. The van der Waals surface area contributed by atoms with Gasteiger partial charge in [0.05, 0.1) is 6.42 Å². The Morgan fingerprint density at radius 3 is 2.80 bits per heavy atom. The molecule has 1 N–H and O–H groups in total. The van der Waals surface area contributed by atoms with Gasteiger partial charge in [-0.3, -0.25) is 4.79 Å². The van der Waals surface area contributed by atoms with Gasteiger partial charge in [0.25, 0.3) is 0 Å². The van der Waals surface area contributed by atoms with Crippen molar-refractivity contribution in [1.29, 1.82) is 0 Å². The first-order valence-electron chi connectivity index (χ1n) is 4.78. The third-order valence-corrected chi connectivity index (χ3v) is 3.78. The van der Waals surface area contributed by atoms with Crippen molar-refractivity contribution in [3.05, 3.63) is 34.2 Å². The number of carboxylic acids is 1. The summed E-state index contributed by atoms with van der Waals surface area (Å²) in [5.41, 5.74) is 2.14. The Bertz CT molecular complexity index is 526. The fraction of sp³-hybridized carbons (Fsp3) is 0.250. The van der Waals surface area contributed by atoms with Gasteiger partial charge in [-0.1, -0.05) is 6.07 Å². The Balaban J connectivity index is 2.54. The molecule has 0 radical (unpaired) electrons. The van der Waals surface area contributed by atoms with E-state index in [2.05, 4.69) is 13.8 Å². The van der Waals surface area contributed by atoms with Gasteiger partial charge >= 0.3 is 5.97 Å². The van der Waals surface area contributed by atoms with Gasteiger partial charge in [0.1, 0.15) is 0 Å². The number of hydrogen-bond acceptors (Lipinski definition) is 2. The van der Waals surface area contributed by atoms with Gasteiger partial charge in [-0.05, 0) is 42.5 Å². The summed E-state index contributed by atoms with van der Waals surface area (Å²) in [7, 11) is 0. The fourth-order valence-corrected chi connectivity index (χ4v) is 2.73. The minimum absolute atomic E-state index is 0.101. The lowest BCUT2D eigenvalue weighted by atomic mass is 10.1. The fourth-order valence-electron chi connectivity index (χ4n) is 1.67. The molecule has 0 aliphatic carbocycles. The minimum Gasteiger partial charge on any atom is -0.481 e. The largest absolute Gasteiger partial charge is 0.481 e. The maximum absolute atomic E-state index is 10.6. The smallest absolute Gasteiger partial charge is 0.307 e. The van der Waals surface area contributed by atoms with Crippen LogP contribution in [0.15, 0.2) is 18.2 Å². The highest BCUT2D eigenvalue weighted by atomic mass is 32.1. The van der Waals surface area contributed by atoms with E-state index >= 15 is 0 Å². The molecule has 0 aliphatic heterocycles. The molecule has 2 nitrogen and oxygen atoms in total. The molecule has 0 aliphatic rings. The lowest BCUT2D eigenvalue weighted by molar-refractivity contribution is -0.136. The first kappa shape index (κ1) is 10.2. The van der Waals surface area contributed by atoms with Crippen molar-refractivity contribution in [3.63, 3.8) is 0 Å². The molecule has 0 atom stereocenters. The predicted molar refractivity (Wildman–Crippen MR) is 62.6 cm³/mol. The SMILES string of the molecule is Cc1sc2ccc(CC(=O)O)cc2c1C. The van der Waals surface area contributed by atoms with Crippen LogP contribution in [0.3, 0.4) is 0 Å². The van der Waals surface area contributed by atoms with Crippen LogP contribution < -0.4 is 0 Å². The molecule has 0 bridgehead atoms. The lowest BCUT2D eigenvalue weighted by Crippen LogP contribution is -1.99. The second kappa shape index (κ2) is 3.66. The third kappa shape index (κ3) is 1.88. The molecule has 3 heteroatoms. The van der Waals surface area contributed by atoms with E-state index in [4.69, 9.17) is 5.11 Å². The van der Waals surface area contributed by atoms with Gasteiger partial charge < -0.3 is 5.11 Å². The number of aliphatic carboxylic acids is 1. The summed E-state index contributed by atoms with van der Waals surface area (Å²) < 4.78 is 1.24. The number of hydrogen-bond donors (Lipinski definition) is 1. The molecule has 2 rings (SSSR count). The van der Waals surface area contributed by atoms with E-state index in [1.54, 1.807) is 11.3 Å². The zero-order valence-corrected chi connectivity index (χ0v) is 9.52.